The van der Waals surface area contributed by atoms with E-state index >= 15 is 0 Å². The normalized spacial score (nSPS) is 13.3. The molecule has 5 nitrogen and oxygen atoms in total. The molecular weight excluding hydrogens is 693 g/mol. The van der Waals surface area contributed by atoms with E-state index < -0.39 is 6.10 Å². The van der Waals surface area contributed by atoms with Crippen molar-refractivity contribution in [2.75, 3.05) is 19.8 Å². The molecule has 0 aliphatic carbocycles. The highest BCUT2D eigenvalue weighted by molar-refractivity contribution is 5.70. The van der Waals surface area contributed by atoms with Crippen LogP contribution in [-0.2, 0) is 23.8 Å². The van der Waals surface area contributed by atoms with Gasteiger partial charge in [0.2, 0.25) is 0 Å². The monoisotopic (exact) mass is 775 g/mol. The van der Waals surface area contributed by atoms with E-state index in [1.807, 2.05) is 6.08 Å². The Morgan fingerprint density at radius 2 is 0.839 bits per heavy atom. The highest BCUT2D eigenvalue weighted by Gasteiger charge is 2.17. The van der Waals surface area contributed by atoms with Gasteiger partial charge in [-0.1, -0.05) is 182 Å². The summed E-state index contributed by atoms with van der Waals surface area (Å²) in [5.41, 5.74) is 0. The molecule has 1 unspecified atom stereocenters. The van der Waals surface area contributed by atoms with Crippen molar-refractivity contribution < 1.29 is 23.8 Å². The molecule has 0 N–H and O–H groups in total. The average Bonchev–Trinajstić information content (AvgIpc) is 3.20. The highest BCUT2D eigenvalue weighted by atomic mass is 16.6. The second-order valence-corrected chi connectivity index (χ2v) is 14.2. The minimum absolute atomic E-state index is 0.0329. The molecule has 0 saturated heterocycles. The van der Waals surface area contributed by atoms with Gasteiger partial charge in [-0.05, 0) is 89.9 Å². The number of carbonyl (C=O) groups is 2. The van der Waals surface area contributed by atoms with Gasteiger partial charge in [0.05, 0.1) is 6.61 Å². The van der Waals surface area contributed by atoms with Crippen LogP contribution in [0.4, 0.5) is 0 Å². The lowest BCUT2D eigenvalue weighted by molar-refractivity contribution is -0.162. The fourth-order valence-corrected chi connectivity index (χ4v) is 5.55. The van der Waals surface area contributed by atoms with E-state index in [0.29, 0.717) is 25.9 Å². The molecule has 0 rings (SSSR count). The standard InChI is InChI=1S/C51H82O5/c1-4-7-10-13-15-17-19-21-23-25-26-27-28-30-32-34-36-39-41-44-50(52)55-48-49(56-51(53)45-42-38-12-9-6-3)47-54-46-43-40-37-35-33-31-29-24-22-20-18-16-14-11-8-5-2/h7-8,10-11,15-18,21-24,26-27,30,32,36,39,49H,4-6,9,12-14,19-20,25,28-29,31,33-35,37-38,40-48H2,1-3H3/b10-7-,11-8-,17-15-,18-16-,23-21-,24-22-,27-26-,32-30-,39-36-. The van der Waals surface area contributed by atoms with Gasteiger partial charge in [0, 0.05) is 19.4 Å². The molecule has 0 aliphatic heterocycles. The number of esters is 2. The van der Waals surface area contributed by atoms with Crippen LogP contribution in [-0.4, -0.2) is 37.9 Å². The zero-order valence-electron chi connectivity index (χ0n) is 36.1. The number of rotatable bonds is 39. The maximum atomic E-state index is 12.5. The van der Waals surface area contributed by atoms with Crippen LogP contribution in [0.25, 0.3) is 0 Å². The van der Waals surface area contributed by atoms with Crippen LogP contribution in [0.3, 0.4) is 0 Å². The van der Waals surface area contributed by atoms with Gasteiger partial charge >= 0.3 is 11.9 Å². The summed E-state index contributed by atoms with van der Waals surface area (Å²) < 4.78 is 17.1. The third-order valence-electron chi connectivity index (χ3n) is 8.82. The molecule has 0 aromatic rings. The van der Waals surface area contributed by atoms with E-state index in [1.54, 1.807) is 0 Å². The minimum atomic E-state index is -0.575. The Morgan fingerprint density at radius 3 is 1.36 bits per heavy atom. The molecule has 0 spiro atoms. The lowest BCUT2D eigenvalue weighted by atomic mass is 10.1. The van der Waals surface area contributed by atoms with Gasteiger partial charge in [-0.2, -0.15) is 0 Å². The number of carbonyl (C=O) groups excluding carboxylic acids is 2. The zero-order valence-corrected chi connectivity index (χ0v) is 36.1. The molecule has 5 heteroatoms. The lowest BCUT2D eigenvalue weighted by Crippen LogP contribution is -2.30. The first-order valence-corrected chi connectivity index (χ1v) is 22.4. The molecule has 56 heavy (non-hydrogen) atoms. The topological polar surface area (TPSA) is 61.8 Å². The Labute approximate surface area is 344 Å². The van der Waals surface area contributed by atoms with Crippen LogP contribution in [0, 0.1) is 0 Å². The first-order chi connectivity index (χ1) is 27.6. The summed E-state index contributed by atoms with van der Waals surface area (Å²) in [5, 5.41) is 0. The Hall–Kier alpha value is -3.44. The number of allylic oxidation sites excluding steroid dienone is 18. The first kappa shape index (κ1) is 52.6. The van der Waals surface area contributed by atoms with Gasteiger partial charge in [-0.3, -0.25) is 9.59 Å². The average molecular weight is 775 g/mol. The summed E-state index contributed by atoms with van der Waals surface area (Å²) in [4.78, 5) is 25.0. The van der Waals surface area contributed by atoms with E-state index in [-0.39, 0.29) is 25.2 Å². The quantitative estimate of drug-likeness (QED) is 0.0354. The molecule has 0 radical (unpaired) electrons. The van der Waals surface area contributed by atoms with Crippen molar-refractivity contribution in [1.82, 2.24) is 0 Å². The van der Waals surface area contributed by atoms with Crippen LogP contribution in [0.5, 0.6) is 0 Å². The predicted molar refractivity (Wildman–Crippen MR) is 242 cm³/mol. The lowest BCUT2D eigenvalue weighted by Gasteiger charge is -2.18. The van der Waals surface area contributed by atoms with Gasteiger partial charge < -0.3 is 14.2 Å². The molecule has 0 amide bonds. The Balaban J connectivity index is 4.23. The fourth-order valence-electron chi connectivity index (χ4n) is 5.55. The summed E-state index contributed by atoms with van der Waals surface area (Å²) in [6.45, 7) is 7.39. The Bertz CT molecular complexity index is 1150. The van der Waals surface area contributed by atoms with E-state index in [4.69, 9.17) is 14.2 Å². The molecular formula is C51H82O5. The van der Waals surface area contributed by atoms with Crippen molar-refractivity contribution in [3.8, 4) is 0 Å². The second-order valence-electron chi connectivity index (χ2n) is 14.2. The van der Waals surface area contributed by atoms with Gasteiger partial charge in [-0.15, -0.1) is 0 Å². The van der Waals surface area contributed by atoms with Crippen molar-refractivity contribution in [3.05, 3.63) is 109 Å². The second kappa shape index (κ2) is 45.9. The summed E-state index contributed by atoms with van der Waals surface area (Å²) in [5.74, 6) is -0.525. The molecule has 0 aliphatic rings. The maximum Gasteiger partial charge on any atom is 0.306 e. The molecule has 0 saturated carbocycles. The van der Waals surface area contributed by atoms with Crippen molar-refractivity contribution >= 4 is 11.9 Å². The molecule has 0 fully saturated rings. The van der Waals surface area contributed by atoms with Crippen LogP contribution < -0.4 is 0 Å². The molecule has 0 aromatic heterocycles. The molecule has 0 aromatic carbocycles. The zero-order chi connectivity index (χ0) is 40.7. The number of hydrogen-bond donors (Lipinski definition) is 0. The summed E-state index contributed by atoms with van der Waals surface area (Å²) in [6.07, 6.45) is 62.7. The number of unbranched alkanes of at least 4 members (excludes halogenated alkanes) is 10. The SMILES string of the molecule is CC/C=C\C/C=C\C/C=C\C/C=C\C/C=C\C/C=C\CCC(=O)OCC(COCCCCCCCC/C=C\C/C=C\C/C=C\CC)OC(=O)CCCCCCC. The number of ether oxygens (including phenoxy) is 3. The predicted octanol–water partition coefficient (Wildman–Crippen LogP) is 14.9. The van der Waals surface area contributed by atoms with E-state index in [1.165, 1.54) is 38.5 Å². The van der Waals surface area contributed by atoms with Crippen LogP contribution in [0.2, 0.25) is 0 Å². The minimum Gasteiger partial charge on any atom is -0.462 e. The number of hydrogen-bond acceptors (Lipinski definition) is 5. The van der Waals surface area contributed by atoms with Gasteiger partial charge in [0.1, 0.15) is 6.61 Å². The first-order valence-electron chi connectivity index (χ1n) is 22.4. The largest absolute Gasteiger partial charge is 0.462 e. The van der Waals surface area contributed by atoms with E-state index in [9.17, 15) is 9.59 Å². The van der Waals surface area contributed by atoms with Crippen molar-refractivity contribution in [2.45, 2.75) is 181 Å². The molecule has 1 atom stereocenters. The third kappa shape index (κ3) is 43.3. The van der Waals surface area contributed by atoms with Gasteiger partial charge in [0.25, 0.3) is 0 Å². The van der Waals surface area contributed by atoms with Crippen LogP contribution >= 0.6 is 0 Å². The van der Waals surface area contributed by atoms with Crippen molar-refractivity contribution in [2.24, 2.45) is 0 Å². The van der Waals surface area contributed by atoms with Crippen LogP contribution in [0.15, 0.2) is 109 Å². The van der Waals surface area contributed by atoms with Crippen molar-refractivity contribution in [1.29, 1.82) is 0 Å². The maximum absolute atomic E-state index is 12.5. The third-order valence-corrected chi connectivity index (χ3v) is 8.82. The Morgan fingerprint density at radius 1 is 0.411 bits per heavy atom. The van der Waals surface area contributed by atoms with Gasteiger partial charge in [0.15, 0.2) is 6.10 Å². The molecule has 0 heterocycles. The summed E-state index contributed by atoms with van der Waals surface area (Å²) >= 11 is 0. The van der Waals surface area contributed by atoms with Crippen LogP contribution in [0.1, 0.15) is 175 Å². The summed E-state index contributed by atoms with van der Waals surface area (Å²) in [6, 6.07) is 0. The summed E-state index contributed by atoms with van der Waals surface area (Å²) in [7, 11) is 0. The van der Waals surface area contributed by atoms with Crippen molar-refractivity contribution in [3.63, 3.8) is 0 Å². The Kier molecular flexibility index (Phi) is 43.1. The molecule has 316 valence electrons. The molecule has 0 bridgehead atoms. The van der Waals surface area contributed by atoms with Gasteiger partial charge in [-0.25, -0.2) is 0 Å². The highest BCUT2D eigenvalue weighted by Crippen LogP contribution is 2.10. The van der Waals surface area contributed by atoms with E-state index in [2.05, 4.69) is 124 Å². The smallest absolute Gasteiger partial charge is 0.306 e. The fraction of sp³-hybridized carbons (Fsp3) is 0.608. The van der Waals surface area contributed by atoms with E-state index in [0.717, 1.165) is 96.3 Å².